The van der Waals surface area contributed by atoms with Gasteiger partial charge in [0.25, 0.3) is 0 Å². The van der Waals surface area contributed by atoms with Crippen LogP contribution < -0.4 is 16.4 Å². The van der Waals surface area contributed by atoms with Crippen LogP contribution in [-0.2, 0) is 9.59 Å². The van der Waals surface area contributed by atoms with Crippen molar-refractivity contribution in [2.75, 3.05) is 26.2 Å². The zero-order valence-electron chi connectivity index (χ0n) is 9.82. The van der Waals surface area contributed by atoms with Gasteiger partial charge in [-0.25, -0.2) is 0 Å². The van der Waals surface area contributed by atoms with Crippen LogP contribution in [0, 0.1) is 0 Å². The van der Waals surface area contributed by atoms with E-state index < -0.39 is 11.9 Å². The van der Waals surface area contributed by atoms with Crippen LogP contribution >= 0.6 is 0 Å². The Kier molecular flexibility index (Phi) is 4.70. The van der Waals surface area contributed by atoms with E-state index in [2.05, 4.69) is 15.5 Å². The third-order valence-electron chi connectivity index (χ3n) is 2.86. The average Bonchev–Trinajstić information content (AvgIpc) is 2.28. The van der Waals surface area contributed by atoms with Crippen molar-refractivity contribution in [2.24, 2.45) is 5.73 Å². The molecule has 1 rings (SSSR count). The standard InChI is InChI=1S/C10H20N4O2/c1-7(9(11)15)13-10(16)8(2)14-5-3-12-4-6-14/h7-8,12H,3-6H2,1-2H3,(H2,11,15)(H,13,16). The Morgan fingerprint density at radius 2 is 1.88 bits per heavy atom. The summed E-state index contributed by atoms with van der Waals surface area (Å²) in [7, 11) is 0. The van der Waals surface area contributed by atoms with Gasteiger partial charge in [-0.3, -0.25) is 14.5 Å². The second-order valence-electron chi connectivity index (χ2n) is 4.09. The minimum atomic E-state index is -0.613. The molecule has 16 heavy (non-hydrogen) atoms. The second kappa shape index (κ2) is 5.81. The first-order valence-electron chi connectivity index (χ1n) is 5.57. The Bertz CT molecular complexity index is 264. The maximum atomic E-state index is 11.8. The molecule has 0 aromatic carbocycles. The number of piperazine rings is 1. The van der Waals surface area contributed by atoms with E-state index in [9.17, 15) is 9.59 Å². The van der Waals surface area contributed by atoms with Crippen molar-refractivity contribution in [3.05, 3.63) is 0 Å². The molecule has 1 aliphatic heterocycles. The van der Waals surface area contributed by atoms with Gasteiger partial charge in [-0.2, -0.15) is 0 Å². The van der Waals surface area contributed by atoms with Crippen LogP contribution in [0.1, 0.15) is 13.8 Å². The van der Waals surface area contributed by atoms with E-state index in [1.807, 2.05) is 6.92 Å². The fraction of sp³-hybridized carbons (Fsp3) is 0.800. The molecule has 1 heterocycles. The van der Waals surface area contributed by atoms with Gasteiger partial charge < -0.3 is 16.4 Å². The summed E-state index contributed by atoms with van der Waals surface area (Å²) < 4.78 is 0. The molecule has 0 aromatic rings. The van der Waals surface area contributed by atoms with Crippen molar-refractivity contribution in [1.82, 2.24) is 15.5 Å². The molecule has 92 valence electrons. The fourth-order valence-electron chi connectivity index (χ4n) is 1.64. The molecular formula is C10H20N4O2. The molecule has 0 aromatic heterocycles. The summed E-state index contributed by atoms with van der Waals surface area (Å²) in [5.74, 6) is -0.658. The Morgan fingerprint density at radius 3 is 2.38 bits per heavy atom. The molecule has 2 atom stereocenters. The van der Waals surface area contributed by atoms with E-state index in [-0.39, 0.29) is 11.9 Å². The van der Waals surface area contributed by atoms with Crippen LogP contribution in [0.5, 0.6) is 0 Å². The first-order chi connectivity index (χ1) is 7.52. The quantitative estimate of drug-likeness (QED) is 0.533. The molecule has 0 radical (unpaired) electrons. The minimum Gasteiger partial charge on any atom is -0.368 e. The number of carbonyl (C=O) groups excluding carboxylic acids is 2. The predicted molar refractivity (Wildman–Crippen MR) is 60.7 cm³/mol. The van der Waals surface area contributed by atoms with Crippen molar-refractivity contribution in [3.63, 3.8) is 0 Å². The number of nitrogens with two attached hydrogens (primary N) is 1. The summed E-state index contributed by atoms with van der Waals surface area (Å²) in [6, 6.07) is -0.832. The zero-order chi connectivity index (χ0) is 12.1. The highest BCUT2D eigenvalue weighted by atomic mass is 16.2. The molecule has 6 heteroatoms. The van der Waals surface area contributed by atoms with Crippen LogP contribution in [0.25, 0.3) is 0 Å². The normalized spacial score (nSPS) is 21.1. The van der Waals surface area contributed by atoms with Gasteiger partial charge in [-0.05, 0) is 13.8 Å². The van der Waals surface area contributed by atoms with Crippen LogP contribution in [0.3, 0.4) is 0 Å². The van der Waals surface area contributed by atoms with E-state index in [0.717, 1.165) is 26.2 Å². The highest BCUT2D eigenvalue weighted by Gasteiger charge is 2.24. The lowest BCUT2D eigenvalue weighted by atomic mass is 10.2. The summed E-state index contributed by atoms with van der Waals surface area (Å²) in [6.45, 7) is 6.91. The molecule has 1 saturated heterocycles. The smallest absolute Gasteiger partial charge is 0.239 e. The van der Waals surface area contributed by atoms with Crippen molar-refractivity contribution < 1.29 is 9.59 Å². The molecule has 4 N–H and O–H groups in total. The van der Waals surface area contributed by atoms with Crippen molar-refractivity contribution >= 4 is 11.8 Å². The molecule has 0 spiro atoms. The van der Waals surface area contributed by atoms with Gasteiger partial charge >= 0.3 is 0 Å². The Balaban J connectivity index is 2.43. The second-order valence-corrected chi connectivity index (χ2v) is 4.09. The number of rotatable bonds is 4. The molecule has 0 saturated carbocycles. The van der Waals surface area contributed by atoms with Crippen LogP contribution in [0.15, 0.2) is 0 Å². The van der Waals surface area contributed by atoms with Gasteiger partial charge in [0.05, 0.1) is 6.04 Å². The highest BCUT2D eigenvalue weighted by Crippen LogP contribution is 2.01. The monoisotopic (exact) mass is 228 g/mol. The van der Waals surface area contributed by atoms with Crippen LogP contribution in [0.4, 0.5) is 0 Å². The lowest BCUT2D eigenvalue weighted by Gasteiger charge is -2.32. The topological polar surface area (TPSA) is 87.5 Å². The maximum absolute atomic E-state index is 11.8. The molecule has 0 aliphatic carbocycles. The summed E-state index contributed by atoms with van der Waals surface area (Å²) in [5, 5.41) is 5.82. The van der Waals surface area contributed by atoms with Gasteiger partial charge in [0.15, 0.2) is 0 Å². The Morgan fingerprint density at radius 1 is 1.31 bits per heavy atom. The largest absolute Gasteiger partial charge is 0.368 e. The SMILES string of the molecule is CC(NC(=O)C(C)N1CCNCC1)C(N)=O. The minimum absolute atomic E-state index is 0.145. The van der Waals surface area contributed by atoms with E-state index in [1.54, 1.807) is 6.92 Å². The molecule has 1 fully saturated rings. The van der Waals surface area contributed by atoms with Crippen molar-refractivity contribution in [3.8, 4) is 0 Å². The number of nitrogens with zero attached hydrogens (tertiary/aromatic N) is 1. The molecule has 0 bridgehead atoms. The number of carbonyl (C=O) groups is 2. The number of primary amides is 1. The van der Waals surface area contributed by atoms with Crippen LogP contribution in [-0.4, -0.2) is 55.0 Å². The fourth-order valence-corrected chi connectivity index (χ4v) is 1.64. The third-order valence-corrected chi connectivity index (χ3v) is 2.86. The van der Waals surface area contributed by atoms with Crippen LogP contribution in [0.2, 0.25) is 0 Å². The number of hydrogen-bond donors (Lipinski definition) is 3. The lowest BCUT2D eigenvalue weighted by Crippen LogP contribution is -2.55. The Hall–Kier alpha value is -1.14. The maximum Gasteiger partial charge on any atom is 0.239 e. The van der Waals surface area contributed by atoms with Gasteiger partial charge in [0.1, 0.15) is 6.04 Å². The average molecular weight is 228 g/mol. The molecular weight excluding hydrogens is 208 g/mol. The first-order valence-corrected chi connectivity index (χ1v) is 5.57. The molecule has 2 unspecified atom stereocenters. The number of amides is 2. The van der Waals surface area contributed by atoms with Crippen molar-refractivity contribution in [1.29, 1.82) is 0 Å². The molecule has 6 nitrogen and oxygen atoms in total. The lowest BCUT2D eigenvalue weighted by molar-refractivity contribution is -0.130. The van der Waals surface area contributed by atoms with E-state index in [0.29, 0.717) is 0 Å². The van der Waals surface area contributed by atoms with Gasteiger partial charge in [-0.1, -0.05) is 0 Å². The van der Waals surface area contributed by atoms with Gasteiger partial charge in [-0.15, -0.1) is 0 Å². The third kappa shape index (κ3) is 3.46. The summed E-state index contributed by atoms with van der Waals surface area (Å²) in [4.78, 5) is 24.7. The van der Waals surface area contributed by atoms with E-state index in [1.165, 1.54) is 0 Å². The number of nitrogens with one attached hydrogen (secondary N) is 2. The number of hydrogen-bond acceptors (Lipinski definition) is 4. The molecule has 2 amide bonds. The first kappa shape index (κ1) is 12.9. The van der Waals surface area contributed by atoms with Crippen molar-refractivity contribution in [2.45, 2.75) is 25.9 Å². The predicted octanol–water partition coefficient (Wildman–Crippen LogP) is -1.73. The summed E-state index contributed by atoms with van der Waals surface area (Å²) in [5.41, 5.74) is 5.09. The summed E-state index contributed by atoms with van der Waals surface area (Å²) in [6.07, 6.45) is 0. The Labute approximate surface area is 95.5 Å². The molecule has 1 aliphatic rings. The summed E-state index contributed by atoms with van der Waals surface area (Å²) >= 11 is 0. The van der Waals surface area contributed by atoms with Gasteiger partial charge in [0, 0.05) is 26.2 Å². The van der Waals surface area contributed by atoms with Gasteiger partial charge in [0.2, 0.25) is 11.8 Å². The zero-order valence-corrected chi connectivity index (χ0v) is 9.82. The van der Waals surface area contributed by atoms with E-state index in [4.69, 9.17) is 5.73 Å². The van der Waals surface area contributed by atoms with E-state index >= 15 is 0 Å². The highest BCUT2D eigenvalue weighted by molar-refractivity contribution is 5.88.